The van der Waals surface area contributed by atoms with E-state index in [4.69, 9.17) is 5.73 Å². The quantitative estimate of drug-likeness (QED) is 0.694. The van der Waals surface area contributed by atoms with E-state index >= 15 is 0 Å². The van der Waals surface area contributed by atoms with Gasteiger partial charge in [-0.1, -0.05) is 38.3 Å². The van der Waals surface area contributed by atoms with Crippen LogP contribution in [0.5, 0.6) is 0 Å². The molecule has 1 fully saturated rings. The van der Waals surface area contributed by atoms with Crippen molar-refractivity contribution in [2.75, 3.05) is 13.1 Å². The smallest absolute Gasteiger partial charge is 0.0136 e. The summed E-state index contributed by atoms with van der Waals surface area (Å²) in [5, 5.41) is 3.91. The number of unbranched alkanes of at least 4 members (excludes halogenated alkanes) is 1. The Morgan fingerprint density at radius 3 is 2.80 bits per heavy atom. The van der Waals surface area contributed by atoms with Crippen LogP contribution in [-0.4, -0.2) is 19.1 Å². The third kappa shape index (κ3) is 4.33. The van der Waals surface area contributed by atoms with E-state index < -0.39 is 0 Å². The van der Waals surface area contributed by atoms with E-state index in [1.54, 1.807) is 0 Å². The molecule has 0 amide bonds. The molecule has 0 bridgehead atoms. The SMILES string of the molecule is CCCCC1C(C)CCC1NCC1CC=C(CN)CC1. The minimum absolute atomic E-state index is 0.763. The van der Waals surface area contributed by atoms with Crippen molar-refractivity contribution >= 4 is 0 Å². The Bertz CT molecular complexity index is 311. The average Bonchev–Trinajstić information content (AvgIpc) is 2.84. The molecule has 0 radical (unpaired) electrons. The van der Waals surface area contributed by atoms with Crippen LogP contribution < -0.4 is 11.1 Å². The van der Waals surface area contributed by atoms with Crippen LogP contribution in [0.3, 0.4) is 0 Å². The topological polar surface area (TPSA) is 38.0 Å². The minimum Gasteiger partial charge on any atom is -0.327 e. The van der Waals surface area contributed by atoms with Crippen molar-refractivity contribution < 1.29 is 0 Å². The third-order valence-electron chi connectivity index (χ3n) is 5.62. The highest BCUT2D eigenvalue weighted by atomic mass is 14.9. The monoisotopic (exact) mass is 278 g/mol. The molecule has 20 heavy (non-hydrogen) atoms. The van der Waals surface area contributed by atoms with Gasteiger partial charge in [-0.3, -0.25) is 0 Å². The Morgan fingerprint density at radius 1 is 1.30 bits per heavy atom. The van der Waals surface area contributed by atoms with Crippen LogP contribution >= 0.6 is 0 Å². The zero-order chi connectivity index (χ0) is 14.4. The fourth-order valence-electron chi connectivity index (χ4n) is 4.08. The lowest BCUT2D eigenvalue weighted by Gasteiger charge is -2.27. The molecule has 4 atom stereocenters. The van der Waals surface area contributed by atoms with E-state index in [-0.39, 0.29) is 0 Å². The van der Waals surface area contributed by atoms with Crippen molar-refractivity contribution in [3.05, 3.63) is 11.6 Å². The lowest BCUT2D eigenvalue weighted by molar-refractivity contribution is 0.296. The Balaban J connectivity index is 1.74. The molecule has 4 unspecified atom stereocenters. The summed E-state index contributed by atoms with van der Waals surface area (Å²) in [6, 6.07) is 0.788. The second kappa shape index (κ2) is 8.19. The molecule has 2 rings (SSSR count). The van der Waals surface area contributed by atoms with Crippen molar-refractivity contribution in [1.29, 1.82) is 0 Å². The molecule has 0 heterocycles. The van der Waals surface area contributed by atoms with E-state index in [2.05, 4.69) is 25.2 Å². The molecule has 0 spiro atoms. The van der Waals surface area contributed by atoms with Gasteiger partial charge in [0.1, 0.15) is 0 Å². The summed E-state index contributed by atoms with van der Waals surface area (Å²) in [7, 11) is 0. The summed E-state index contributed by atoms with van der Waals surface area (Å²) in [4.78, 5) is 0. The van der Waals surface area contributed by atoms with Crippen LogP contribution in [0.2, 0.25) is 0 Å². The van der Waals surface area contributed by atoms with Crippen LogP contribution in [0, 0.1) is 17.8 Å². The first kappa shape index (κ1) is 16.0. The summed E-state index contributed by atoms with van der Waals surface area (Å²) in [6.45, 7) is 6.75. The molecular formula is C18H34N2. The summed E-state index contributed by atoms with van der Waals surface area (Å²) in [5.41, 5.74) is 7.19. The molecule has 0 aromatic carbocycles. The maximum atomic E-state index is 5.72. The molecule has 1 saturated carbocycles. The molecule has 3 N–H and O–H groups in total. The van der Waals surface area contributed by atoms with Crippen LogP contribution in [-0.2, 0) is 0 Å². The van der Waals surface area contributed by atoms with Gasteiger partial charge in [-0.15, -0.1) is 0 Å². The molecule has 0 saturated heterocycles. The zero-order valence-electron chi connectivity index (χ0n) is 13.5. The predicted octanol–water partition coefficient (Wildman–Crippen LogP) is 3.87. The van der Waals surface area contributed by atoms with Crippen molar-refractivity contribution in [3.8, 4) is 0 Å². The maximum Gasteiger partial charge on any atom is 0.0136 e. The van der Waals surface area contributed by atoms with Gasteiger partial charge in [0.25, 0.3) is 0 Å². The fourth-order valence-corrected chi connectivity index (χ4v) is 4.08. The van der Waals surface area contributed by atoms with Crippen LogP contribution in [0.15, 0.2) is 11.6 Å². The largest absolute Gasteiger partial charge is 0.327 e. The van der Waals surface area contributed by atoms with E-state index in [1.165, 1.54) is 63.5 Å². The molecular weight excluding hydrogens is 244 g/mol. The maximum absolute atomic E-state index is 5.72. The van der Waals surface area contributed by atoms with Crippen molar-refractivity contribution in [2.45, 2.75) is 71.3 Å². The first-order valence-electron chi connectivity index (χ1n) is 8.86. The molecule has 116 valence electrons. The van der Waals surface area contributed by atoms with Crippen LogP contribution in [0.1, 0.15) is 65.2 Å². The molecule has 2 aliphatic rings. The molecule has 0 aliphatic heterocycles. The lowest BCUT2D eigenvalue weighted by atomic mass is 9.87. The molecule has 0 aromatic heterocycles. The Kier molecular flexibility index (Phi) is 6.57. The van der Waals surface area contributed by atoms with Crippen molar-refractivity contribution in [1.82, 2.24) is 5.32 Å². The summed E-state index contributed by atoms with van der Waals surface area (Å²) < 4.78 is 0. The molecule has 0 aromatic rings. The normalized spacial score (nSPS) is 34.2. The van der Waals surface area contributed by atoms with Gasteiger partial charge in [-0.25, -0.2) is 0 Å². The first-order valence-corrected chi connectivity index (χ1v) is 8.86. The standard InChI is InChI=1S/C18H34N2/c1-3-4-5-17-14(2)6-11-18(17)20-13-16-9-7-15(12-19)8-10-16/h7,14,16-18,20H,3-6,8-13,19H2,1-2H3. The molecule has 2 heteroatoms. The van der Waals surface area contributed by atoms with E-state index in [9.17, 15) is 0 Å². The van der Waals surface area contributed by atoms with Crippen LogP contribution in [0.4, 0.5) is 0 Å². The van der Waals surface area contributed by atoms with Gasteiger partial charge in [0.15, 0.2) is 0 Å². The highest BCUT2D eigenvalue weighted by Gasteiger charge is 2.32. The highest BCUT2D eigenvalue weighted by molar-refractivity contribution is 5.07. The van der Waals surface area contributed by atoms with Gasteiger partial charge in [-0.2, -0.15) is 0 Å². The summed E-state index contributed by atoms with van der Waals surface area (Å²) >= 11 is 0. The molecule has 2 aliphatic carbocycles. The summed E-state index contributed by atoms with van der Waals surface area (Å²) in [5.74, 6) is 2.69. The van der Waals surface area contributed by atoms with Gasteiger partial charge in [0.05, 0.1) is 0 Å². The highest BCUT2D eigenvalue weighted by Crippen LogP contribution is 2.35. The Hall–Kier alpha value is -0.340. The number of nitrogens with one attached hydrogen (secondary N) is 1. The predicted molar refractivity (Wildman–Crippen MR) is 87.7 cm³/mol. The molecule has 2 nitrogen and oxygen atoms in total. The number of hydrogen-bond donors (Lipinski definition) is 2. The first-order chi connectivity index (χ1) is 9.74. The minimum atomic E-state index is 0.763. The zero-order valence-corrected chi connectivity index (χ0v) is 13.5. The average molecular weight is 278 g/mol. The fraction of sp³-hybridized carbons (Fsp3) is 0.889. The third-order valence-corrected chi connectivity index (χ3v) is 5.62. The van der Waals surface area contributed by atoms with E-state index in [0.717, 1.165) is 30.3 Å². The Morgan fingerprint density at radius 2 is 2.15 bits per heavy atom. The summed E-state index contributed by atoms with van der Waals surface area (Å²) in [6.07, 6.45) is 13.2. The van der Waals surface area contributed by atoms with Gasteiger partial charge in [0.2, 0.25) is 0 Å². The number of hydrogen-bond acceptors (Lipinski definition) is 2. The number of rotatable bonds is 7. The number of allylic oxidation sites excluding steroid dienone is 1. The second-order valence-corrected chi connectivity index (χ2v) is 7.08. The van der Waals surface area contributed by atoms with E-state index in [1.807, 2.05) is 0 Å². The lowest BCUT2D eigenvalue weighted by Crippen LogP contribution is -2.37. The Labute approximate surface area is 125 Å². The van der Waals surface area contributed by atoms with Gasteiger partial charge < -0.3 is 11.1 Å². The van der Waals surface area contributed by atoms with Crippen LogP contribution in [0.25, 0.3) is 0 Å². The van der Waals surface area contributed by atoms with Crippen molar-refractivity contribution in [3.63, 3.8) is 0 Å². The van der Waals surface area contributed by atoms with Gasteiger partial charge in [0, 0.05) is 12.6 Å². The second-order valence-electron chi connectivity index (χ2n) is 7.08. The number of nitrogens with two attached hydrogens (primary N) is 1. The van der Waals surface area contributed by atoms with Crippen molar-refractivity contribution in [2.24, 2.45) is 23.5 Å². The van der Waals surface area contributed by atoms with E-state index in [0.29, 0.717) is 0 Å². The van der Waals surface area contributed by atoms with Gasteiger partial charge in [-0.05, 0) is 62.8 Å². The van der Waals surface area contributed by atoms with Gasteiger partial charge >= 0.3 is 0 Å².